The van der Waals surface area contributed by atoms with Crippen molar-refractivity contribution in [3.8, 4) is 0 Å². The summed E-state index contributed by atoms with van der Waals surface area (Å²) < 4.78 is 0. The molecule has 3 heterocycles. The molecule has 0 bridgehead atoms. The van der Waals surface area contributed by atoms with Gasteiger partial charge in [-0.2, -0.15) is 0 Å². The number of nitro groups is 1. The van der Waals surface area contributed by atoms with Crippen molar-refractivity contribution in [2.45, 2.75) is 25.7 Å². The molecule has 0 amide bonds. The van der Waals surface area contributed by atoms with Crippen molar-refractivity contribution in [3.63, 3.8) is 0 Å². The van der Waals surface area contributed by atoms with Gasteiger partial charge in [-0.3, -0.25) is 10.1 Å². The van der Waals surface area contributed by atoms with Gasteiger partial charge in [0.25, 0.3) is 0 Å². The molecule has 4 rings (SSSR count). The largest absolute Gasteiger partial charge is 0.363 e. The van der Waals surface area contributed by atoms with Crippen LogP contribution < -0.4 is 4.90 Å². The molecule has 24 heavy (non-hydrogen) atoms. The number of rotatable bonds is 3. The van der Waals surface area contributed by atoms with Crippen molar-refractivity contribution in [3.05, 3.63) is 51.8 Å². The minimum absolute atomic E-state index is 0.224. The van der Waals surface area contributed by atoms with Gasteiger partial charge in [-0.25, -0.2) is 4.98 Å². The van der Waals surface area contributed by atoms with Gasteiger partial charge < -0.3 is 9.88 Å². The van der Waals surface area contributed by atoms with Crippen LogP contribution in [0.4, 0.5) is 10.0 Å². The van der Waals surface area contributed by atoms with Crippen molar-refractivity contribution in [2.24, 2.45) is 0 Å². The smallest absolute Gasteiger partial charge is 0.326 e. The Kier molecular flexibility index (Phi) is 3.72. The minimum atomic E-state index is -0.303. The summed E-state index contributed by atoms with van der Waals surface area (Å²) in [5, 5.41) is 12.2. The lowest BCUT2D eigenvalue weighted by molar-refractivity contribution is -0.380. The number of benzene rings is 1. The van der Waals surface area contributed by atoms with Crippen molar-refractivity contribution >= 4 is 32.4 Å². The van der Waals surface area contributed by atoms with Crippen LogP contribution in [0.3, 0.4) is 0 Å². The van der Waals surface area contributed by atoms with Crippen LogP contribution in [-0.4, -0.2) is 28.0 Å². The van der Waals surface area contributed by atoms with E-state index in [2.05, 4.69) is 16.0 Å². The van der Waals surface area contributed by atoms with E-state index in [0.29, 0.717) is 5.92 Å². The van der Waals surface area contributed by atoms with Crippen molar-refractivity contribution in [2.75, 3.05) is 18.0 Å². The molecule has 1 saturated heterocycles. The van der Waals surface area contributed by atoms with E-state index in [1.165, 1.54) is 11.3 Å². The predicted molar refractivity (Wildman–Crippen MR) is 96.0 cm³/mol. The fourth-order valence-electron chi connectivity index (χ4n) is 3.38. The maximum absolute atomic E-state index is 11.0. The molecule has 1 N–H and O–H groups in total. The van der Waals surface area contributed by atoms with Gasteiger partial charge in [0, 0.05) is 25.1 Å². The lowest BCUT2D eigenvalue weighted by atomic mass is 9.96. The summed E-state index contributed by atoms with van der Waals surface area (Å²) in [7, 11) is 0. The van der Waals surface area contributed by atoms with Gasteiger partial charge in [0.15, 0.2) is 0 Å². The van der Waals surface area contributed by atoms with E-state index in [1.54, 1.807) is 6.07 Å². The summed E-state index contributed by atoms with van der Waals surface area (Å²) in [5.74, 6) is 1.48. The fraction of sp³-hybridized carbons (Fsp3) is 0.353. The number of nitrogens with zero attached hydrogens (tertiary/aromatic N) is 3. The van der Waals surface area contributed by atoms with E-state index >= 15 is 0 Å². The normalized spacial score (nSPS) is 16.0. The number of anilines is 1. The Morgan fingerprint density at radius 1 is 1.33 bits per heavy atom. The van der Waals surface area contributed by atoms with E-state index in [9.17, 15) is 10.1 Å². The van der Waals surface area contributed by atoms with E-state index in [0.717, 1.165) is 53.4 Å². The number of aromatic nitrogens is 2. The van der Waals surface area contributed by atoms with Gasteiger partial charge in [-0.1, -0.05) is 12.1 Å². The topological polar surface area (TPSA) is 75.1 Å². The molecule has 0 saturated carbocycles. The van der Waals surface area contributed by atoms with E-state index in [1.807, 2.05) is 25.1 Å². The molecule has 1 aliphatic rings. The Morgan fingerprint density at radius 3 is 2.75 bits per heavy atom. The molecule has 0 atom stereocenters. The second-order valence-electron chi connectivity index (χ2n) is 6.23. The number of para-hydroxylation sites is 2. The van der Waals surface area contributed by atoms with Crippen molar-refractivity contribution < 1.29 is 4.92 Å². The summed E-state index contributed by atoms with van der Waals surface area (Å²) in [5.41, 5.74) is 3.09. The van der Waals surface area contributed by atoms with Crippen LogP contribution in [0.1, 0.15) is 30.1 Å². The Morgan fingerprint density at radius 2 is 2.08 bits per heavy atom. The van der Waals surface area contributed by atoms with Gasteiger partial charge >= 0.3 is 5.00 Å². The van der Waals surface area contributed by atoms with Gasteiger partial charge in [0.05, 0.1) is 16.0 Å². The third-order valence-electron chi connectivity index (χ3n) is 4.64. The van der Waals surface area contributed by atoms with Gasteiger partial charge in [0.1, 0.15) is 10.8 Å². The number of fused-ring (bicyclic) bond motifs is 1. The predicted octanol–water partition coefficient (Wildman–Crippen LogP) is 4.23. The quantitative estimate of drug-likeness (QED) is 0.571. The van der Waals surface area contributed by atoms with Gasteiger partial charge in [0.2, 0.25) is 0 Å². The molecule has 0 spiro atoms. The number of imidazole rings is 1. The average Bonchev–Trinajstić information content (AvgIpc) is 3.18. The van der Waals surface area contributed by atoms with Crippen LogP contribution in [0.25, 0.3) is 11.0 Å². The molecule has 0 unspecified atom stereocenters. The number of aromatic amines is 1. The van der Waals surface area contributed by atoms with Crippen molar-refractivity contribution in [1.82, 2.24) is 9.97 Å². The fourth-order valence-corrected chi connectivity index (χ4v) is 4.42. The molecule has 0 aliphatic carbocycles. The number of aryl methyl sites for hydroxylation is 1. The lowest BCUT2D eigenvalue weighted by Gasteiger charge is -2.32. The zero-order valence-electron chi connectivity index (χ0n) is 13.4. The minimum Gasteiger partial charge on any atom is -0.363 e. The standard InChI is InChI=1S/C17H18N4O2S/c1-11-10-15(21(22)23)24-17(11)20-8-6-12(7-9-20)16-18-13-4-2-3-5-14(13)19-16/h2-5,10,12H,6-9H2,1H3,(H,18,19). The molecule has 1 aromatic carbocycles. The van der Waals surface area contributed by atoms with Gasteiger partial charge in [-0.05, 0) is 48.8 Å². The van der Waals surface area contributed by atoms with Crippen LogP contribution in [0.5, 0.6) is 0 Å². The first kappa shape index (κ1) is 15.1. The number of thiophene rings is 1. The van der Waals surface area contributed by atoms with E-state index in [4.69, 9.17) is 4.98 Å². The van der Waals surface area contributed by atoms with Crippen LogP contribution in [0, 0.1) is 17.0 Å². The molecule has 1 fully saturated rings. The number of hydrogen-bond donors (Lipinski definition) is 1. The Hall–Kier alpha value is -2.41. The maximum Gasteiger partial charge on any atom is 0.326 e. The average molecular weight is 342 g/mol. The zero-order chi connectivity index (χ0) is 16.7. The number of nitrogens with one attached hydrogen (secondary N) is 1. The highest BCUT2D eigenvalue weighted by atomic mass is 32.1. The third kappa shape index (κ3) is 2.65. The van der Waals surface area contributed by atoms with Crippen LogP contribution in [0.2, 0.25) is 0 Å². The lowest BCUT2D eigenvalue weighted by Crippen LogP contribution is -2.32. The molecular weight excluding hydrogens is 324 g/mol. The SMILES string of the molecule is Cc1cc([N+](=O)[O-])sc1N1CCC(c2nc3ccccc3[nH]2)CC1. The molecule has 2 aromatic heterocycles. The molecule has 1 aliphatic heterocycles. The van der Waals surface area contributed by atoms with Crippen LogP contribution in [0.15, 0.2) is 30.3 Å². The molecular formula is C17H18N4O2S. The Labute approximate surface area is 143 Å². The summed E-state index contributed by atoms with van der Waals surface area (Å²) in [6.45, 7) is 3.75. The zero-order valence-corrected chi connectivity index (χ0v) is 14.2. The van der Waals surface area contributed by atoms with Gasteiger partial charge in [-0.15, -0.1) is 0 Å². The second-order valence-corrected chi connectivity index (χ2v) is 7.24. The summed E-state index contributed by atoms with van der Waals surface area (Å²) in [6, 6.07) is 9.76. The summed E-state index contributed by atoms with van der Waals surface area (Å²) in [6.07, 6.45) is 2.01. The first-order valence-electron chi connectivity index (χ1n) is 8.06. The highest BCUT2D eigenvalue weighted by Crippen LogP contribution is 2.39. The van der Waals surface area contributed by atoms with Crippen molar-refractivity contribution in [1.29, 1.82) is 0 Å². The highest BCUT2D eigenvalue weighted by Gasteiger charge is 2.26. The van der Waals surface area contributed by atoms with E-state index in [-0.39, 0.29) is 9.92 Å². The first-order chi connectivity index (χ1) is 11.6. The van der Waals surface area contributed by atoms with Crippen LogP contribution in [-0.2, 0) is 0 Å². The second kappa shape index (κ2) is 5.90. The van der Waals surface area contributed by atoms with Crippen LogP contribution >= 0.6 is 11.3 Å². The summed E-state index contributed by atoms with van der Waals surface area (Å²) >= 11 is 1.28. The maximum atomic E-state index is 11.0. The molecule has 0 radical (unpaired) electrons. The monoisotopic (exact) mass is 342 g/mol. The Bertz CT molecular complexity index is 860. The number of piperidine rings is 1. The van der Waals surface area contributed by atoms with E-state index < -0.39 is 0 Å². The first-order valence-corrected chi connectivity index (χ1v) is 8.88. The number of hydrogen-bond acceptors (Lipinski definition) is 5. The molecule has 3 aromatic rings. The number of H-pyrrole nitrogens is 1. The Balaban J connectivity index is 1.49. The molecule has 6 nitrogen and oxygen atoms in total. The highest BCUT2D eigenvalue weighted by molar-refractivity contribution is 7.19. The molecule has 124 valence electrons. The third-order valence-corrected chi connectivity index (χ3v) is 5.88. The summed E-state index contributed by atoms with van der Waals surface area (Å²) in [4.78, 5) is 21.1. The molecule has 7 heteroatoms.